The van der Waals surface area contributed by atoms with Crippen LogP contribution >= 0.6 is 0 Å². The van der Waals surface area contributed by atoms with Crippen molar-refractivity contribution in [2.45, 2.75) is 13.3 Å². The molecule has 0 radical (unpaired) electrons. The predicted molar refractivity (Wildman–Crippen MR) is 101 cm³/mol. The lowest BCUT2D eigenvalue weighted by molar-refractivity contribution is 0.0157. The molecule has 0 aromatic heterocycles. The van der Waals surface area contributed by atoms with E-state index in [0.717, 1.165) is 38.8 Å². The Kier molecular flexibility index (Phi) is 2.99. The molecule has 4 aromatic carbocycles. The van der Waals surface area contributed by atoms with Crippen molar-refractivity contribution in [1.82, 2.24) is 0 Å². The van der Waals surface area contributed by atoms with Crippen molar-refractivity contribution >= 4 is 21.5 Å². The van der Waals surface area contributed by atoms with Crippen LogP contribution in [0.2, 0.25) is 0 Å². The van der Waals surface area contributed by atoms with Gasteiger partial charge in [-0.25, -0.2) is 0 Å². The van der Waals surface area contributed by atoms with Gasteiger partial charge in [0.15, 0.2) is 0 Å². The Balaban J connectivity index is 2.00. The molecule has 1 aliphatic rings. The Bertz CT molecular complexity index is 1130. The van der Waals surface area contributed by atoms with Crippen LogP contribution in [0, 0.1) is 6.92 Å². The first-order valence-corrected chi connectivity index (χ1v) is 8.35. The van der Waals surface area contributed by atoms with E-state index in [9.17, 15) is 0 Å². The third-order valence-electron chi connectivity index (χ3n) is 4.77. The fraction of sp³-hybridized carbons (Fsp3) is 0.0909. The molecule has 1 heterocycles. The summed E-state index contributed by atoms with van der Waals surface area (Å²) in [5.74, 6) is 1.50. The maximum Gasteiger partial charge on any atom is 0.299 e. The van der Waals surface area contributed by atoms with Gasteiger partial charge in [0.1, 0.15) is 11.5 Å². The van der Waals surface area contributed by atoms with Gasteiger partial charge in [0, 0.05) is 11.1 Å². The summed E-state index contributed by atoms with van der Waals surface area (Å²) >= 11 is 0. The molecule has 5 rings (SSSR count). The Morgan fingerprint density at radius 1 is 0.720 bits per heavy atom. The topological polar surface area (TPSA) is 44.5 Å². The van der Waals surface area contributed by atoms with Gasteiger partial charge in [-0.3, -0.25) is 5.73 Å². The Morgan fingerprint density at radius 2 is 1.32 bits per heavy atom. The van der Waals surface area contributed by atoms with Crippen LogP contribution in [-0.2, 0) is 0 Å². The van der Waals surface area contributed by atoms with E-state index in [4.69, 9.17) is 15.2 Å². The summed E-state index contributed by atoms with van der Waals surface area (Å²) < 4.78 is 11.8. The predicted octanol–water partition coefficient (Wildman–Crippen LogP) is 4.98. The van der Waals surface area contributed by atoms with Crippen LogP contribution in [0.1, 0.15) is 5.56 Å². The van der Waals surface area contributed by atoms with Crippen molar-refractivity contribution in [3.05, 3.63) is 72.3 Å². The van der Waals surface area contributed by atoms with Gasteiger partial charge in [0.05, 0.1) is 0 Å². The lowest BCUT2D eigenvalue weighted by Crippen LogP contribution is -2.32. The highest BCUT2D eigenvalue weighted by atomic mass is 16.7. The van der Waals surface area contributed by atoms with E-state index in [1.54, 1.807) is 0 Å². The van der Waals surface area contributed by atoms with Gasteiger partial charge >= 0.3 is 0 Å². The van der Waals surface area contributed by atoms with Crippen molar-refractivity contribution in [2.24, 2.45) is 5.73 Å². The second-order valence-corrected chi connectivity index (χ2v) is 6.43. The number of aryl methyl sites for hydroxylation is 1. The molecule has 0 saturated carbocycles. The lowest BCUT2D eigenvalue weighted by Gasteiger charge is -2.14. The molecule has 2 N–H and O–H groups in total. The van der Waals surface area contributed by atoms with E-state index < -0.39 is 6.41 Å². The van der Waals surface area contributed by atoms with E-state index in [0.29, 0.717) is 0 Å². The standard InChI is InChI=1S/C22H17NO2/c1-13-6-7-15-9-11-19-21(17(15)12-13)20-16-5-3-2-4-14(16)8-10-18(20)24-22(23)25-19/h2-12,22H,23H2,1H3. The Hall–Kier alpha value is -3.04. The highest BCUT2D eigenvalue weighted by Gasteiger charge is 2.24. The van der Waals surface area contributed by atoms with Crippen molar-refractivity contribution in [3.8, 4) is 22.6 Å². The average Bonchev–Trinajstić information content (AvgIpc) is 2.77. The van der Waals surface area contributed by atoms with E-state index in [2.05, 4.69) is 49.4 Å². The lowest BCUT2D eigenvalue weighted by atomic mass is 9.92. The molecular formula is C22H17NO2. The van der Waals surface area contributed by atoms with Gasteiger partial charge < -0.3 is 9.47 Å². The van der Waals surface area contributed by atoms with Crippen LogP contribution in [0.3, 0.4) is 0 Å². The highest BCUT2D eigenvalue weighted by Crippen LogP contribution is 2.47. The summed E-state index contributed by atoms with van der Waals surface area (Å²) in [4.78, 5) is 0. The van der Waals surface area contributed by atoms with Crippen LogP contribution in [0.15, 0.2) is 66.7 Å². The monoisotopic (exact) mass is 327 g/mol. The van der Waals surface area contributed by atoms with E-state index in [1.807, 2.05) is 24.3 Å². The van der Waals surface area contributed by atoms with Gasteiger partial charge in [-0.2, -0.15) is 0 Å². The third kappa shape index (κ3) is 2.17. The molecule has 3 heteroatoms. The summed E-state index contributed by atoms with van der Waals surface area (Å²) in [6.45, 7) is 2.10. The summed E-state index contributed by atoms with van der Waals surface area (Å²) in [7, 11) is 0. The first-order chi connectivity index (χ1) is 12.2. The molecule has 1 unspecified atom stereocenters. The van der Waals surface area contributed by atoms with Gasteiger partial charge in [-0.05, 0) is 40.6 Å². The van der Waals surface area contributed by atoms with Crippen LogP contribution in [-0.4, -0.2) is 6.41 Å². The molecule has 25 heavy (non-hydrogen) atoms. The van der Waals surface area contributed by atoms with E-state index in [-0.39, 0.29) is 0 Å². The zero-order valence-corrected chi connectivity index (χ0v) is 13.8. The first kappa shape index (κ1) is 14.3. The Labute approximate surface area is 145 Å². The summed E-state index contributed by atoms with van der Waals surface area (Å²) in [6.07, 6.45) is -0.830. The van der Waals surface area contributed by atoms with Gasteiger partial charge in [0.25, 0.3) is 6.41 Å². The molecule has 0 saturated heterocycles. The zero-order valence-electron chi connectivity index (χ0n) is 13.8. The van der Waals surface area contributed by atoms with Crippen molar-refractivity contribution in [1.29, 1.82) is 0 Å². The minimum Gasteiger partial charge on any atom is -0.441 e. The smallest absolute Gasteiger partial charge is 0.299 e. The molecule has 4 aromatic rings. The second-order valence-electron chi connectivity index (χ2n) is 6.43. The van der Waals surface area contributed by atoms with Crippen LogP contribution in [0.5, 0.6) is 11.5 Å². The van der Waals surface area contributed by atoms with Gasteiger partial charge in [-0.1, -0.05) is 60.2 Å². The van der Waals surface area contributed by atoms with E-state index in [1.165, 1.54) is 10.9 Å². The zero-order chi connectivity index (χ0) is 17.0. The largest absolute Gasteiger partial charge is 0.441 e. The van der Waals surface area contributed by atoms with Crippen LogP contribution in [0.4, 0.5) is 0 Å². The molecule has 0 bridgehead atoms. The molecule has 0 aliphatic carbocycles. The first-order valence-electron chi connectivity index (χ1n) is 8.35. The number of ether oxygens (including phenoxy) is 2. The maximum atomic E-state index is 6.04. The fourth-order valence-corrected chi connectivity index (χ4v) is 3.65. The van der Waals surface area contributed by atoms with Crippen molar-refractivity contribution < 1.29 is 9.47 Å². The molecule has 122 valence electrons. The summed E-state index contributed by atoms with van der Waals surface area (Å²) in [5, 5.41) is 4.61. The fourth-order valence-electron chi connectivity index (χ4n) is 3.65. The number of rotatable bonds is 0. The van der Waals surface area contributed by atoms with Crippen molar-refractivity contribution in [2.75, 3.05) is 0 Å². The van der Waals surface area contributed by atoms with Crippen LogP contribution < -0.4 is 15.2 Å². The summed E-state index contributed by atoms with van der Waals surface area (Å²) in [5.41, 5.74) is 9.33. The molecule has 0 spiro atoms. The third-order valence-corrected chi connectivity index (χ3v) is 4.77. The number of hydrogen-bond acceptors (Lipinski definition) is 3. The number of benzene rings is 4. The Morgan fingerprint density at radius 3 is 2.08 bits per heavy atom. The molecule has 1 atom stereocenters. The summed E-state index contributed by atoms with van der Waals surface area (Å²) in [6, 6.07) is 22.9. The molecule has 3 nitrogen and oxygen atoms in total. The molecule has 0 amide bonds. The maximum absolute atomic E-state index is 6.04. The van der Waals surface area contributed by atoms with Crippen molar-refractivity contribution in [3.63, 3.8) is 0 Å². The van der Waals surface area contributed by atoms with Gasteiger partial charge in [-0.15, -0.1) is 0 Å². The van der Waals surface area contributed by atoms with E-state index >= 15 is 0 Å². The molecular weight excluding hydrogens is 310 g/mol. The minimum absolute atomic E-state index is 0.749. The quantitative estimate of drug-likeness (QED) is 0.495. The SMILES string of the molecule is Cc1ccc2ccc3c(c2c1)-c1c(ccc2ccccc12)OC(N)O3. The molecule has 0 fully saturated rings. The highest BCUT2D eigenvalue weighted by molar-refractivity contribution is 6.10. The number of hydrogen-bond donors (Lipinski definition) is 1. The normalized spacial score (nSPS) is 15.8. The number of fused-ring (bicyclic) bond motifs is 7. The van der Waals surface area contributed by atoms with Gasteiger partial charge in [0.2, 0.25) is 0 Å². The van der Waals surface area contributed by atoms with Crippen LogP contribution in [0.25, 0.3) is 32.7 Å². The number of nitrogens with two attached hydrogens (primary N) is 1. The average molecular weight is 327 g/mol. The minimum atomic E-state index is -0.830. The molecule has 1 aliphatic heterocycles. The second kappa shape index (κ2) is 5.23.